The van der Waals surface area contributed by atoms with Gasteiger partial charge in [-0.2, -0.15) is 26.3 Å². The Labute approximate surface area is 109 Å². The summed E-state index contributed by atoms with van der Waals surface area (Å²) in [6, 6.07) is 0.710. The van der Waals surface area contributed by atoms with Gasteiger partial charge in [0, 0.05) is 0 Å². The monoisotopic (exact) mass is 302 g/mol. The van der Waals surface area contributed by atoms with E-state index in [2.05, 4.69) is 9.47 Å². The highest BCUT2D eigenvalue weighted by Gasteiger charge is 2.37. The number of benzene rings is 1. The average Bonchev–Trinajstić information content (AvgIpc) is 2.33. The molecule has 0 aliphatic carbocycles. The summed E-state index contributed by atoms with van der Waals surface area (Å²) >= 11 is 0. The second-order valence-corrected chi connectivity index (χ2v) is 3.61. The molecule has 0 fully saturated rings. The fraction of sp³-hybridized carbons (Fsp3) is 0.364. The van der Waals surface area contributed by atoms with Crippen molar-refractivity contribution in [1.29, 1.82) is 0 Å². The quantitative estimate of drug-likeness (QED) is 0.635. The van der Waals surface area contributed by atoms with Gasteiger partial charge in [0.2, 0.25) is 0 Å². The molecule has 0 atom stereocenters. The van der Waals surface area contributed by atoms with Gasteiger partial charge >= 0.3 is 18.3 Å². The van der Waals surface area contributed by atoms with Crippen LogP contribution < -0.4 is 4.74 Å². The molecule has 1 aromatic rings. The van der Waals surface area contributed by atoms with Crippen molar-refractivity contribution >= 4 is 5.97 Å². The fourth-order valence-electron chi connectivity index (χ4n) is 1.21. The van der Waals surface area contributed by atoms with Crippen molar-refractivity contribution in [2.45, 2.75) is 12.4 Å². The van der Waals surface area contributed by atoms with Crippen molar-refractivity contribution in [3.8, 4) is 5.75 Å². The second kappa shape index (κ2) is 5.59. The van der Waals surface area contributed by atoms with Crippen LogP contribution in [0.4, 0.5) is 26.3 Å². The van der Waals surface area contributed by atoms with Crippen molar-refractivity contribution < 1.29 is 40.6 Å². The third-order valence-corrected chi connectivity index (χ3v) is 2.15. The van der Waals surface area contributed by atoms with Gasteiger partial charge in [-0.15, -0.1) is 0 Å². The van der Waals surface area contributed by atoms with Gasteiger partial charge in [-0.25, -0.2) is 4.79 Å². The number of hydrogen-bond donors (Lipinski definition) is 0. The number of ether oxygens (including phenoxy) is 2. The van der Waals surface area contributed by atoms with Crippen molar-refractivity contribution in [1.82, 2.24) is 0 Å². The molecule has 112 valence electrons. The van der Waals surface area contributed by atoms with E-state index in [1.807, 2.05) is 0 Å². The van der Waals surface area contributed by atoms with E-state index < -0.39 is 41.8 Å². The number of esters is 1. The van der Waals surface area contributed by atoms with E-state index >= 15 is 0 Å². The molecular formula is C11H8F6O3. The Morgan fingerprint density at radius 1 is 1.00 bits per heavy atom. The molecule has 3 nitrogen and oxygen atoms in total. The van der Waals surface area contributed by atoms with E-state index in [0.29, 0.717) is 12.1 Å². The van der Waals surface area contributed by atoms with Crippen LogP contribution in [0.3, 0.4) is 0 Å². The minimum atomic E-state index is -4.97. The van der Waals surface area contributed by atoms with E-state index in [-0.39, 0.29) is 6.07 Å². The molecule has 0 spiro atoms. The lowest BCUT2D eigenvalue weighted by atomic mass is 10.1. The van der Waals surface area contributed by atoms with Crippen molar-refractivity contribution in [3.63, 3.8) is 0 Å². The SMILES string of the molecule is COC(=O)COc1cc(C(F)(F)F)cc(C(F)(F)F)c1. The summed E-state index contributed by atoms with van der Waals surface area (Å²) in [4.78, 5) is 10.8. The molecule has 0 aliphatic rings. The molecule has 9 heteroatoms. The summed E-state index contributed by atoms with van der Waals surface area (Å²) in [6.45, 7) is -0.797. The lowest BCUT2D eigenvalue weighted by Crippen LogP contribution is -2.15. The highest BCUT2D eigenvalue weighted by Crippen LogP contribution is 2.38. The zero-order chi connectivity index (χ0) is 15.6. The van der Waals surface area contributed by atoms with E-state index in [1.165, 1.54) is 0 Å². The van der Waals surface area contributed by atoms with Gasteiger partial charge in [-0.3, -0.25) is 0 Å². The van der Waals surface area contributed by atoms with Crippen LogP contribution >= 0.6 is 0 Å². The molecule has 0 bridgehead atoms. The lowest BCUT2D eigenvalue weighted by molar-refractivity contribution is -0.143. The van der Waals surface area contributed by atoms with E-state index in [9.17, 15) is 31.1 Å². The van der Waals surface area contributed by atoms with E-state index in [1.54, 1.807) is 0 Å². The maximum Gasteiger partial charge on any atom is 0.416 e. The molecule has 0 amide bonds. The summed E-state index contributed by atoms with van der Waals surface area (Å²) < 4.78 is 83.6. The third-order valence-electron chi connectivity index (χ3n) is 2.15. The van der Waals surface area contributed by atoms with Gasteiger partial charge in [0.05, 0.1) is 18.2 Å². The van der Waals surface area contributed by atoms with Gasteiger partial charge < -0.3 is 9.47 Å². The van der Waals surface area contributed by atoms with Crippen molar-refractivity contribution in [2.24, 2.45) is 0 Å². The van der Waals surface area contributed by atoms with Crippen LogP contribution in [0, 0.1) is 0 Å². The minimum Gasteiger partial charge on any atom is -0.482 e. The normalized spacial score (nSPS) is 12.2. The Balaban J connectivity index is 3.14. The fourth-order valence-corrected chi connectivity index (χ4v) is 1.21. The van der Waals surface area contributed by atoms with Crippen molar-refractivity contribution in [3.05, 3.63) is 29.3 Å². The molecule has 0 saturated carbocycles. The molecule has 0 saturated heterocycles. The summed E-state index contributed by atoms with van der Waals surface area (Å²) in [7, 11) is 0.999. The van der Waals surface area contributed by atoms with Crippen LogP contribution in [0.2, 0.25) is 0 Å². The molecule has 0 unspecified atom stereocenters. The zero-order valence-corrected chi connectivity index (χ0v) is 9.93. The Kier molecular flexibility index (Phi) is 4.51. The number of halogens is 6. The summed E-state index contributed by atoms with van der Waals surface area (Å²) in [5, 5.41) is 0. The first-order valence-electron chi connectivity index (χ1n) is 5.03. The summed E-state index contributed by atoms with van der Waals surface area (Å²) in [5.41, 5.74) is -3.04. The van der Waals surface area contributed by atoms with Crippen LogP contribution in [0.25, 0.3) is 0 Å². The molecule has 0 heterocycles. The molecular weight excluding hydrogens is 294 g/mol. The van der Waals surface area contributed by atoms with E-state index in [0.717, 1.165) is 7.11 Å². The lowest BCUT2D eigenvalue weighted by Gasteiger charge is -2.14. The first kappa shape index (κ1) is 16.1. The van der Waals surface area contributed by atoms with Gasteiger partial charge in [0.1, 0.15) is 5.75 Å². The Morgan fingerprint density at radius 3 is 1.80 bits per heavy atom. The number of rotatable bonds is 3. The van der Waals surface area contributed by atoms with Crippen molar-refractivity contribution in [2.75, 3.05) is 13.7 Å². The van der Waals surface area contributed by atoms with E-state index in [4.69, 9.17) is 0 Å². The molecule has 20 heavy (non-hydrogen) atoms. The van der Waals surface area contributed by atoms with Gasteiger partial charge in [0.25, 0.3) is 0 Å². The van der Waals surface area contributed by atoms with Crippen LogP contribution in [0.5, 0.6) is 5.75 Å². The maximum atomic E-state index is 12.5. The topological polar surface area (TPSA) is 35.5 Å². The Hall–Kier alpha value is -1.93. The largest absolute Gasteiger partial charge is 0.482 e. The zero-order valence-electron chi connectivity index (χ0n) is 9.93. The predicted molar refractivity (Wildman–Crippen MR) is 54.0 cm³/mol. The summed E-state index contributed by atoms with van der Waals surface area (Å²) in [5.74, 6) is -1.66. The van der Waals surface area contributed by atoms with Gasteiger partial charge in [0.15, 0.2) is 6.61 Å². The predicted octanol–water partition coefficient (Wildman–Crippen LogP) is 3.28. The number of carbonyl (C=O) groups excluding carboxylic acids is 1. The van der Waals surface area contributed by atoms with Crippen LogP contribution in [-0.2, 0) is 21.9 Å². The minimum absolute atomic E-state index is 0.0367. The summed E-state index contributed by atoms with van der Waals surface area (Å²) in [6.07, 6.45) is -9.94. The number of carbonyl (C=O) groups is 1. The standard InChI is InChI=1S/C11H8F6O3/c1-19-9(18)5-20-8-3-6(10(12,13)14)2-7(4-8)11(15,16)17/h2-4H,5H2,1H3. The molecule has 0 aliphatic heterocycles. The molecule has 0 aromatic heterocycles. The number of methoxy groups -OCH3 is 1. The average molecular weight is 302 g/mol. The molecule has 1 aromatic carbocycles. The Morgan fingerprint density at radius 2 is 1.45 bits per heavy atom. The highest BCUT2D eigenvalue weighted by molar-refractivity contribution is 5.70. The Bertz CT molecular complexity index is 460. The second-order valence-electron chi connectivity index (χ2n) is 3.61. The molecule has 0 N–H and O–H groups in total. The van der Waals surface area contributed by atoms with Gasteiger partial charge in [-0.05, 0) is 18.2 Å². The molecule has 0 radical (unpaired) electrons. The first-order chi connectivity index (χ1) is 9.04. The van der Waals surface area contributed by atoms with Crippen LogP contribution in [0.15, 0.2) is 18.2 Å². The number of hydrogen-bond acceptors (Lipinski definition) is 3. The maximum absolute atomic E-state index is 12.5. The van der Waals surface area contributed by atoms with Gasteiger partial charge in [-0.1, -0.05) is 0 Å². The molecule has 1 rings (SSSR count). The smallest absolute Gasteiger partial charge is 0.416 e. The third kappa shape index (κ3) is 4.32. The van der Waals surface area contributed by atoms with Crippen LogP contribution in [0.1, 0.15) is 11.1 Å². The first-order valence-corrected chi connectivity index (χ1v) is 5.03. The van der Waals surface area contributed by atoms with Crippen LogP contribution in [-0.4, -0.2) is 19.7 Å². The number of alkyl halides is 6. The highest BCUT2D eigenvalue weighted by atomic mass is 19.4.